The molecule has 0 amide bonds. The number of carbonyl (C=O) groups excluding carboxylic acids is 2. The SMILES string of the molecule is C=C(C)C.C=C(C)C(=O)OCCN=C=O. The quantitative estimate of drug-likeness (QED) is 0.178. The molecular formula is C11H17NO3. The molecule has 15 heavy (non-hydrogen) atoms. The van der Waals surface area contributed by atoms with Gasteiger partial charge >= 0.3 is 5.97 Å². The van der Waals surface area contributed by atoms with Crippen LogP contribution in [0.2, 0.25) is 0 Å². The Morgan fingerprint density at radius 2 is 1.80 bits per heavy atom. The smallest absolute Gasteiger partial charge is 0.333 e. The molecule has 0 radical (unpaired) electrons. The number of isocyanates is 1. The molecule has 0 rings (SSSR count). The highest BCUT2D eigenvalue weighted by molar-refractivity contribution is 5.86. The minimum Gasteiger partial charge on any atom is -0.460 e. The maximum absolute atomic E-state index is 10.6. The molecule has 0 fully saturated rings. The highest BCUT2D eigenvalue weighted by Gasteiger charge is 2.00. The van der Waals surface area contributed by atoms with E-state index in [1.54, 1.807) is 6.92 Å². The Morgan fingerprint density at radius 1 is 1.33 bits per heavy atom. The molecule has 0 spiro atoms. The van der Waals surface area contributed by atoms with E-state index in [1.807, 2.05) is 13.8 Å². The number of allylic oxidation sites excluding steroid dienone is 1. The average Bonchev–Trinajstić information content (AvgIpc) is 2.11. The Balaban J connectivity index is 0. The van der Waals surface area contributed by atoms with Crippen LogP contribution in [-0.2, 0) is 14.3 Å². The Hall–Kier alpha value is -1.67. The van der Waals surface area contributed by atoms with Crippen molar-refractivity contribution in [3.05, 3.63) is 24.3 Å². The van der Waals surface area contributed by atoms with Crippen LogP contribution in [0.4, 0.5) is 0 Å². The summed E-state index contributed by atoms with van der Waals surface area (Å²) in [5.74, 6) is -0.467. The normalized spacial score (nSPS) is 7.67. The molecule has 0 aromatic rings. The lowest BCUT2D eigenvalue weighted by Crippen LogP contribution is -2.07. The van der Waals surface area contributed by atoms with Crippen molar-refractivity contribution in [1.29, 1.82) is 0 Å². The fourth-order valence-electron chi connectivity index (χ4n) is 0.353. The molecule has 0 unspecified atom stereocenters. The largest absolute Gasteiger partial charge is 0.460 e. The zero-order chi connectivity index (χ0) is 12.3. The van der Waals surface area contributed by atoms with Gasteiger partial charge in [0.25, 0.3) is 0 Å². The van der Waals surface area contributed by atoms with Crippen molar-refractivity contribution in [3.63, 3.8) is 0 Å². The van der Waals surface area contributed by atoms with E-state index in [-0.39, 0.29) is 13.2 Å². The van der Waals surface area contributed by atoms with E-state index in [0.717, 1.165) is 0 Å². The van der Waals surface area contributed by atoms with Gasteiger partial charge in [-0.3, -0.25) is 0 Å². The van der Waals surface area contributed by atoms with E-state index in [9.17, 15) is 9.59 Å². The van der Waals surface area contributed by atoms with Crippen molar-refractivity contribution < 1.29 is 14.3 Å². The summed E-state index contributed by atoms with van der Waals surface area (Å²) in [7, 11) is 0. The van der Waals surface area contributed by atoms with E-state index in [4.69, 9.17) is 0 Å². The molecular weight excluding hydrogens is 194 g/mol. The van der Waals surface area contributed by atoms with Crippen molar-refractivity contribution in [2.24, 2.45) is 4.99 Å². The van der Waals surface area contributed by atoms with Crippen LogP contribution in [0.1, 0.15) is 20.8 Å². The van der Waals surface area contributed by atoms with Crippen LogP contribution in [0, 0.1) is 0 Å². The number of hydrogen-bond acceptors (Lipinski definition) is 4. The van der Waals surface area contributed by atoms with E-state index < -0.39 is 5.97 Å². The summed E-state index contributed by atoms with van der Waals surface area (Å²) in [5.41, 5.74) is 1.50. The third-order valence-electron chi connectivity index (χ3n) is 0.849. The molecule has 0 saturated carbocycles. The number of aliphatic imine (C=N–C) groups is 1. The first kappa shape index (κ1) is 15.8. The molecule has 0 aliphatic rings. The van der Waals surface area contributed by atoms with Crippen LogP contribution in [0.15, 0.2) is 29.3 Å². The fraction of sp³-hybridized carbons (Fsp3) is 0.455. The lowest BCUT2D eigenvalue weighted by molar-refractivity contribution is -0.138. The second-order valence-electron chi connectivity index (χ2n) is 3.10. The van der Waals surface area contributed by atoms with Gasteiger partial charge in [0.2, 0.25) is 6.08 Å². The van der Waals surface area contributed by atoms with Crippen molar-refractivity contribution >= 4 is 12.0 Å². The summed E-state index contributed by atoms with van der Waals surface area (Å²) in [4.78, 5) is 23.4. The first-order chi connectivity index (χ1) is 6.91. The highest BCUT2D eigenvalue weighted by Crippen LogP contribution is 1.90. The summed E-state index contributed by atoms with van der Waals surface area (Å²) in [6.07, 6.45) is 1.33. The van der Waals surface area contributed by atoms with Crippen LogP contribution < -0.4 is 0 Å². The molecule has 0 aromatic carbocycles. The number of nitrogens with zero attached hydrogens (tertiary/aromatic N) is 1. The lowest BCUT2D eigenvalue weighted by Gasteiger charge is -1.99. The van der Waals surface area contributed by atoms with Crippen molar-refractivity contribution in [2.75, 3.05) is 13.2 Å². The maximum atomic E-state index is 10.6. The average molecular weight is 211 g/mol. The van der Waals surface area contributed by atoms with Crippen molar-refractivity contribution in [1.82, 2.24) is 0 Å². The van der Waals surface area contributed by atoms with Gasteiger partial charge in [0.05, 0.1) is 6.54 Å². The molecule has 0 atom stereocenters. The maximum Gasteiger partial charge on any atom is 0.333 e. The van der Waals surface area contributed by atoms with Crippen LogP contribution in [0.3, 0.4) is 0 Å². The van der Waals surface area contributed by atoms with Crippen LogP contribution in [0.5, 0.6) is 0 Å². The minimum atomic E-state index is -0.467. The van der Waals surface area contributed by atoms with Gasteiger partial charge in [-0.2, -0.15) is 0 Å². The molecule has 0 bridgehead atoms. The van der Waals surface area contributed by atoms with Gasteiger partial charge < -0.3 is 4.74 Å². The van der Waals surface area contributed by atoms with E-state index in [2.05, 4.69) is 22.9 Å². The summed E-state index contributed by atoms with van der Waals surface area (Å²) < 4.78 is 4.59. The summed E-state index contributed by atoms with van der Waals surface area (Å²) in [6, 6.07) is 0. The van der Waals surface area contributed by atoms with E-state index in [0.29, 0.717) is 5.57 Å². The summed E-state index contributed by atoms with van der Waals surface area (Å²) in [6.45, 7) is 12.7. The Bertz CT molecular complexity index is 272. The zero-order valence-electron chi connectivity index (χ0n) is 9.50. The Labute approximate surface area is 90.3 Å². The molecule has 0 aliphatic heterocycles. The monoisotopic (exact) mass is 211 g/mol. The number of ether oxygens (including phenoxy) is 1. The fourth-order valence-corrected chi connectivity index (χ4v) is 0.353. The van der Waals surface area contributed by atoms with Crippen LogP contribution in [0.25, 0.3) is 0 Å². The Kier molecular flexibility index (Phi) is 11.0. The Morgan fingerprint density at radius 3 is 2.13 bits per heavy atom. The first-order valence-corrected chi connectivity index (χ1v) is 4.40. The first-order valence-electron chi connectivity index (χ1n) is 4.40. The topological polar surface area (TPSA) is 55.7 Å². The molecule has 4 nitrogen and oxygen atoms in total. The van der Waals surface area contributed by atoms with Gasteiger partial charge in [-0.1, -0.05) is 12.2 Å². The van der Waals surface area contributed by atoms with E-state index >= 15 is 0 Å². The number of hydrogen-bond donors (Lipinski definition) is 0. The van der Waals surface area contributed by atoms with Gasteiger partial charge in [-0.05, 0) is 20.8 Å². The molecule has 0 aromatic heterocycles. The molecule has 0 heterocycles. The predicted molar refractivity (Wildman–Crippen MR) is 59.2 cm³/mol. The highest BCUT2D eigenvalue weighted by atomic mass is 16.5. The van der Waals surface area contributed by atoms with Crippen molar-refractivity contribution in [3.8, 4) is 0 Å². The van der Waals surface area contributed by atoms with Crippen LogP contribution >= 0.6 is 0 Å². The van der Waals surface area contributed by atoms with Gasteiger partial charge in [0, 0.05) is 5.57 Å². The van der Waals surface area contributed by atoms with Gasteiger partial charge in [0.15, 0.2) is 0 Å². The standard InChI is InChI=1S/C7H9NO3.C4H8/c1-6(2)7(10)11-4-3-8-5-9;1-4(2)3/h1,3-4H2,2H3;1H2,2-3H3. The van der Waals surface area contributed by atoms with Crippen LogP contribution in [-0.4, -0.2) is 25.2 Å². The lowest BCUT2D eigenvalue weighted by atomic mass is 10.4. The number of rotatable bonds is 4. The second kappa shape index (κ2) is 10.4. The molecule has 4 heteroatoms. The zero-order valence-corrected chi connectivity index (χ0v) is 9.50. The molecule has 0 N–H and O–H groups in total. The number of esters is 1. The molecule has 0 aliphatic carbocycles. The van der Waals surface area contributed by atoms with E-state index in [1.165, 1.54) is 11.7 Å². The van der Waals surface area contributed by atoms with Gasteiger partial charge in [-0.15, -0.1) is 6.58 Å². The summed E-state index contributed by atoms with van der Waals surface area (Å²) in [5, 5.41) is 0. The molecule has 84 valence electrons. The second-order valence-corrected chi connectivity index (χ2v) is 3.10. The van der Waals surface area contributed by atoms with Gasteiger partial charge in [-0.25, -0.2) is 14.6 Å². The van der Waals surface area contributed by atoms with Gasteiger partial charge in [0.1, 0.15) is 6.61 Å². The summed E-state index contributed by atoms with van der Waals surface area (Å²) >= 11 is 0. The molecule has 0 saturated heterocycles. The number of carbonyl (C=O) groups is 1. The third-order valence-corrected chi connectivity index (χ3v) is 0.849. The van der Waals surface area contributed by atoms with Crippen molar-refractivity contribution in [2.45, 2.75) is 20.8 Å². The predicted octanol–water partition coefficient (Wildman–Crippen LogP) is 2.02. The third kappa shape index (κ3) is 19.0. The minimum absolute atomic E-state index is 0.0981.